The maximum Gasteiger partial charge on any atom is 0.246 e. The van der Waals surface area contributed by atoms with Crippen LogP contribution in [-0.4, -0.2) is 56.3 Å². The molecule has 0 unspecified atom stereocenters. The molecule has 0 spiro atoms. The number of amides is 1. The van der Waals surface area contributed by atoms with E-state index in [-0.39, 0.29) is 30.4 Å². The van der Waals surface area contributed by atoms with E-state index < -0.39 is 15.8 Å². The van der Waals surface area contributed by atoms with Gasteiger partial charge in [-0.15, -0.1) is 0 Å². The van der Waals surface area contributed by atoms with E-state index in [0.717, 1.165) is 16.1 Å². The van der Waals surface area contributed by atoms with Crippen LogP contribution in [0.4, 0.5) is 10.1 Å². The summed E-state index contributed by atoms with van der Waals surface area (Å²) in [4.78, 5) is 13.9. The van der Waals surface area contributed by atoms with E-state index in [2.05, 4.69) is 21.2 Å². The molecule has 0 bridgehead atoms. The fourth-order valence-corrected chi connectivity index (χ4v) is 5.11. The van der Waals surface area contributed by atoms with Gasteiger partial charge in [0.1, 0.15) is 10.7 Å². The quantitative estimate of drug-likeness (QED) is 0.730. The van der Waals surface area contributed by atoms with Gasteiger partial charge in [0.15, 0.2) is 0 Å². The molecule has 2 aromatic rings. The normalized spacial score (nSPS) is 16.1. The zero-order valence-electron chi connectivity index (χ0n) is 15.4. The molecule has 0 radical (unpaired) electrons. The molecular weight excluding hydrogens is 449 g/mol. The smallest absolute Gasteiger partial charge is 0.246 e. The summed E-state index contributed by atoms with van der Waals surface area (Å²) in [5.41, 5.74) is 1.77. The summed E-state index contributed by atoms with van der Waals surface area (Å²) in [6, 6.07) is 11.0. The molecule has 1 heterocycles. The third-order valence-electron chi connectivity index (χ3n) is 4.55. The summed E-state index contributed by atoms with van der Waals surface area (Å²) in [5, 5.41) is 2.85. The third kappa shape index (κ3) is 4.78. The van der Waals surface area contributed by atoms with Crippen molar-refractivity contribution in [2.24, 2.45) is 0 Å². The Labute approximate surface area is 172 Å². The van der Waals surface area contributed by atoms with Crippen LogP contribution >= 0.6 is 15.9 Å². The molecule has 1 N–H and O–H groups in total. The number of nitrogens with one attached hydrogen (secondary N) is 1. The number of aryl methyl sites for hydroxylation is 1. The van der Waals surface area contributed by atoms with Crippen LogP contribution in [0.3, 0.4) is 0 Å². The van der Waals surface area contributed by atoms with Gasteiger partial charge in [-0.25, -0.2) is 12.8 Å². The highest BCUT2D eigenvalue weighted by atomic mass is 79.9. The van der Waals surface area contributed by atoms with Crippen molar-refractivity contribution in [1.82, 2.24) is 9.21 Å². The standard InChI is InChI=1S/C19H21BrFN3O3S/c1-14-6-7-17(15(20)12-14)22-19(25)13-23-8-10-24(11-9-23)28(26,27)18-5-3-2-4-16(18)21/h2-7,12H,8-11,13H2,1H3,(H,22,25). The number of piperazine rings is 1. The van der Waals surface area contributed by atoms with Crippen molar-refractivity contribution < 1.29 is 17.6 Å². The van der Waals surface area contributed by atoms with Crippen molar-refractivity contribution in [2.75, 3.05) is 38.0 Å². The molecule has 9 heteroatoms. The Morgan fingerprint density at radius 1 is 1.14 bits per heavy atom. The van der Waals surface area contributed by atoms with E-state index in [9.17, 15) is 17.6 Å². The van der Waals surface area contributed by atoms with E-state index in [1.54, 1.807) is 0 Å². The number of carbonyl (C=O) groups is 1. The predicted molar refractivity (Wildman–Crippen MR) is 109 cm³/mol. The Bertz CT molecular complexity index is 976. The molecule has 0 aromatic heterocycles. The number of carbonyl (C=O) groups excluding carboxylic acids is 1. The zero-order chi connectivity index (χ0) is 20.3. The van der Waals surface area contributed by atoms with Gasteiger partial charge in [0.05, 0.1) is 12.2 Å². The van der Waals surface area contributed by atoms with Gasteiger partial charge in [-0.05, 0) is 52.7 Å². The number of nitrogens with zero attached hydrogens (tertiary/aromatic N) is 2. The van der Waals surface area contributed by atoms with Crippen LogP contribution in [0.15, 0.2) is 51.8 Å². The second-order valence-electron chi connectivity index (χ2n) is 6.64. The molecule has 150 valence electrons. The SMILES string of the molecule is Cc1ccc(NC(=O)CN2CCN(S(=O)(=O)c3ccccc3F)CC2)c(Br)c1. The largest absolute Gasteiger partial charge is 0.324 e. The van der Waals surface area contributed by atoms with Crippen LogP contribution in [0, 0.1) is 12.7 Å². The number of hydrogen-bond donors (Lipinski definition) is 1. The molecule has 6 nitrogen and oxygen atoms in total. The van der Waals surface area contributed by atoms with Crippen molar-refractivity contribution in [3.63, 3.8) is 0 Å². The van der Waals surface area contributed by atoms with Gasteiger partial charge in [-0.2, -0.15) is 4.31 Å². The van der Waals surface area contributed by atoms with Gasteiger partial charge in [0.2, 0.25) is 15.9 Å². The third-order valence-corrected chi connectivity index (χ3v) is 7.14. The number of sulfonamides is 1. The summed E-state index contributed by atoms with van der Waals surface area (Å²) in [6.45, 7) is 3.34. The number of benzene rings is 2. The molecule has 3 rings (SSSR count). The average molecular weight is 470 g/mol. The lowest BCUT2D eigenvalue weighted by Crippen LogP contribution is -2.50. The Morgan fingerprint density at radius 2 is 1.82 bits per heavy atom. The number of halogens is 2. The molecule has 1 amide bonds. The Balaban J connectivity index is 1.57. The van der Waals surface area contributed by atoms with Gasteiger partial charge in [-0.1, -0.05) is 18.2 Å². The van der Waals surface area contributed by atoms with E-state index >= 15 is 0 Å². The highest BCUT2D eigenvalue weighted by Crippen LogP contribution is 2.23. The Morgan fingerprint density at radius 3 is 2.46 bits per heavy atom. The minimum Gasteiger partial charge on any atom is -0.324 e. The van der Waals surface area contributed by atoms with Crippen LogP contribution in [0.5, 0.6) is 0 Å². The number of rotatable bonds is 5. The second kappa shape index (κ2) is 8.69. The zero-order valence-corrected chi connectivity index (χ0v) is 17.8. The minimum absolute atomic E-state index is 0.161. The molecule has 0 saturated carbocycles. The molecule has 1 aliphatic heterocycles. The molecule has 0 atom stereocenters. The predicted octanol–water partition coefficient (Wildman–Crippen LogP) is 2.84. The monoisotopic (exact) mass is 469 g/mol. The topological polar surface area (TPSA) is 69.7 Å². The maximum atomic E-state index is 13.9. The van der Waals surface area contributed by atoms with Gasteiger partial charge in [0, 0.05) is 30.7 Å². The fraction of sp³-hybridized carbons (Fsp3) is 0.316. The molecule has 2 aromatic carbocycles. The summed E-state index contributed by atoms with van der Waals surface area (Å²) in [6.07, 6.45) is 0. The second-order valence-corrected chi connectivity index (χ2v) is 9.40. The molecule has 1 fully saturated rings. The van der Waals surface area contributed by atoms with E-state index in [0.29, 0.717) is 18.8 Å². The summed E-state index contributed by atoms with van der Waals surface area (Å²) >= 11 is 3.43. The first-order valence-corrected chi connectivity index (χ1v) is 11.0. The van der Waals surface area contributed by atoms with Crippen LogP contribution in [0.2, 0.25) is 0 Å². The molecule has 0 aliphatic carbocycles. The lowest BCUT2D eigenvalue weighted by Gasteiger charge is -2.33. The van der Waals surface area contributed by atoms with E-state index in [1.165, 1.54) is 22.5 Å². The fourth-order valence-electron chi connectivity index (χ4n) is 3.04. The van der Waals surface area contributed by atoms with Crippen molar-refractivity contribution >= 4 is 37.5 Å². The van der Waals surface area contributed by atoms with Crippen molar-refractivity contribution in [3.05, 3.63) is 58.3 Å². The molecule has 1 saturated heterocycles. The van der Waals surface area contributed by atoms with Crippen molar-refractivity contribution in [1.29, 1.82) is 0 Å². The van der Waals surface area contributed by atoms with Crippen LogP contribution in [-0.2, 0) is 14.8 Å². The highest BCUT2D eigenvalue weighted by molar-refractivity contribution is 9.10. The first kappa shape index (κ1) is 20.9. The van der Waals surface area contributed by atoms with Gasteiger partial charge in [-0.3, -0.25) is 9.69 Å². The number of anilines is 1. The molecule has 1 aliphatic rings. The Kier molecular flexibility index (Phi) is 6.49. The number of hydrogen-bond acceptors (Lipinski definition) is 4. The van der Waals surface area contributed by atoms with Crippen LogP contribution < -0.4 is 5.32 Å². The van der Waals surface area contributed by atoms with E-state index in [4.69, 9.17) is 0 Å². The summed E-state index contributed by atoms with van der Waals surface area (Å²) in [5.74, 6) is -0.928. The van der Waals surface area contributed by atoms with Gasteiger partial charge >= 0.3 is 0 Å². The average Bonchev–Trinajstić information content (AvgIpc) is 2.65. The van der Waals surface area contributed by atoms with Crippen LogP contribution in [0.25, 0.3) is 0 Å². The van der Waals surface area contributed by atoms with Gasteiger partial charge < -0.3 is 5.32 Å². The van der Waals surface area contributed by atoms with Crippen molar-refractivity contribution in [3.8, 4) is 0 Å². The van der Waals surface area contributed by atoms with Crippen LogP contribution in [0.1, 0.15) is 5.56 Å². The first-order chi connectivity index (χ1) is 13.3. The lowest BCUT2D eigenvalue weighted by molar-refractivity contribution is -0.117. The minimum atomic E-state index is -3.88. The summed E-state index contributed by atoms with van der Waals surface area (Å²) < 4.78 is 41.2. The van der Waals surface area contributed by atoms with E-state index in [1.807, 2.05) is 30.0 Å². The van der Waals surface area contributed by atoms with Crippen molar-refractivity contribution in [2.45, 2.75) is 11.8 Å². The van der Waals surface area contributed by atoms with Gasteiger partial charge in [0.25, 0.3) is 0 Å². The molecule has 28 heavy (non-hydrogen) atoms. The Hall–Kier alpha value is -1.81. The first-order valence-electron chi connectivity index (χ1n) is 8.80. The lowest BCUT2D eigenvalue weighted by atomic mass is 10.2. The highest BCUT2D eigenvalue weighted by Gasteiger charge is 2.30. The maximum absolute atomic E-state index is 13.9. The summed E-state index contributed by atoms with van der Waals surface area (Å²) in [7, 11) is -3.88. The molecular formula is C19H21BrFN3O3S.